The summed E-state index contributed by atoms with van der Waals surface area (Å²) in [4.78, 5) is 26.8. The third-order valence-electron chi connectivity index (χ3n) is 5.32. The van der Waals surface area contributed by atoms with Crippen molar-refractivity contribution in [3.05, 3.63) is 70.6 Å². The van der Waals surface area contributed by atoms with E-state index >= 15 is 0 Å². The highest BCUT2D eigenvalue weighted by atomic mass is 32.2. The summed E-state index contributed by atoms with van der Waals surface area (Å²) in [6.07, 6.45) is 5.07. The van der Waals surface area contributed by atoms with Gasteiger partial charge in [-0.05, 0) is 54.0 Å². The normalized spacial score (nSPS) is 20.9. The van der Waals surface area contributed by atoms with Crippen molar-refractivity contribution >= 4 is 62.2 Å². The molecule has 2 aliphatic heterocycles. The number of ether oxygens (including phenoxy) is 2. The van der Waals surface area contributed by atoms with Crippen LogP contribution in [0.5, 0.6) is 11.5 Å². The average molecular weight is 516 g/mol. The molecule has 10 heteroatoms. The molecule has 0 bridgehead atoms. The molecule has 1 amide bonds. The molecule has 4 rings (SSSR count). The summed E-state index contributed by atoms with van der Waals surface area (Å²) in [6, 6.07) is 13.6. The first-order chi connectivity index (χ1) is 16.2. The molecule has 0 radical (unpaired) electrons. The number of rotatable bonds is 6. The monoisotopic (exact) mass is 515 g/mol. The molecule has 0 aromatic heterocycles. The summed E-state index contributed by atoms with van der Waals surface area (Å²) < 4.78 is 34.4. The summed E-state index contributed by atoms with van der Waals surface area (Å²) in [5.74, 6) is 0.314. The van der Waals surface area contributed by atoms with Gasteiger partial charge in [-0.3, -0.25) is 9.69 Å². The number of thiocarbonyl (C=S) groups is 1. The van der Waals surface area contributed by atoms with Gasteiger partial charge in [-0.25, -0.2) is 13.2 Å². The lowest BCUT2D eigenvalue weighted by molar-refractivity contribution is -0.129. The maximum Gasteiger partial charge on any atom is 0.336 e. The molecule has 7 nitrogen and oxygen atoms in total. The molecule has 2 fully saturated rings. The van der Waals surface area contributed by atoms with Crippen LogP contribution in [-0.2, 0) is 19.4 Å². The number of methoxy groups -OCH3 is 1. The van der Waals surface area contributed by atoms with Crippen LogP contribution in [0.25, 0.3) is 12.2 Å². The average Bonchev–Trinajstić information content (AvgIpc) is 3.31. The Balaban J connectivity index is 1.37. The van der Waals surface area contributed by atoms with E-state index in [0.717, 1.165) is 28.6 Å². The fraction of sp³-hybridized carbons (Fsp3) is 0.208. The molecule has 2 saturated heterocycles. The number of amides is 1. The van der Waals surface area contributed by atoms with Crippen molar-refractivity contribution < 1.29 is 27.5 Å². The largest absolute Gasteiger partial charge is 0.497 e. The van der Waals surface area contributed by atoms with Crippen molar-refractivity contribution in [2.45, 2.75) is 12.5 Å². The Labute approximate surface area is 207 Å². The lowest BCUT2D eigenvalue weighted by Crippen LogP contribution is -2.39. The third kappa shape index (κ3) is 5.75. The number of benzene rings is 2. The smallest absolute Gasteiger partial charge is 0.336 e. The van der Waals surface area contributed by atoms with Gasteiger partial charge >= 0.3 is 5.97 Å². The molecule has 0 N–H and O–H groups in total. The first kappa shape index (κ1) is 24.2. The lowest BCUT2D eigenvalue weighted by Gasteiger charge is -2.20. The summed E-state index contributed by atoms with van der Waals surface area (Å²) in [7, 11) is -1.54. The Morgan fingerprint density at radius 3 is 2.35 bits per heavy atom. The van der Waals surface area contributed by atoms with E-state index in [4.69, 9.17) is 21.7 Å². The van der Waals surface area contributed by atoms with E-state index in [0.29, 0.717) is 21.4 Å². The van der Waals surface area contributed by atoms with Crippen LogP contribution in [0, 0.1) is 0 Å². The third-order valence-corrected chi connectivity index (χ3v) is 8.40. The van der Waals surface area contributed by atoms with Gasteiger partial charge in [-0.2, -0.15) is 0 Å². The number of hydrogen-bond acceptors (Lipinski definition) is 8. The summed E-state index contributed by atoms with van der Waals surface area (Å²) in [6.45, 7) is 0. The van der Waals surface area contributed by atoms with Gasteiger partial charge in [0.15, 0.2) is 9.84 Å². The number of sulfone groups is 1. The topological polar surface area (TPSA) is 90.0 Å². The van der Waals surface area contributed by atoms with Crippen LogP contribution in [0.2, 0.25) is 0 Å². The summed E-state index contributed by atoms with van der Waals surface area (Å²) >= 11 is 6.48. The van der Waals surface area contributed by atoms with Gasteiger partial charge in [0.2, 0.25) is 0 Å². The van der Waals surface area contributed by atoms with Crippen LogP contribution in [0.4, 0.5) is 0 Å². The van der Waals surface area contributed by atoms with Crippen molar-refractivity contribution in [1.82, 2.24) is 4.90 Å². The summed E-state index contributed by atoms with van der Waals surface area (Å²) in [5, 5.41) is 0. The molecule has 0 saturated carbocycles. The SMILES string of the molecule is COc1ccc(/C=C/C(=O)Oc2ccc(/C=C3/SC(=S)N([C@@H]4CCS(=O)(=O)C4)C3=O)cc2)cc1. The lowest BCUT2D eigenvalue weighted by atomic mass is 10.2. The fourth-order valence-electron chi connectivity index (χ4n) is 3.59. The van der Waals surface area contributed by atoms with E-state index in [2.05, 4.69) is 0 Å². The standard InChI is InChI=1S/C24H21NO6S3/c1-30-19-7-2-16(3-8-19)6-11-22(26)31-20-9-4-17(5-10-20)14-21-23(27)25(24(32)33-21)18-12-13-34(28,29)15-18/h2-11,14,18H,12-13,15H2,1H3/b11-6+,21-14+/t18-/m1/s1. The Morgan fingerprint density at radius 1 is 1.09 bits per heavy atom. The van der Waals surface area contributed by atoms with E-state index in [9.17, 15) is 18.0 Å². The first-order valence-corrected chi connectivity index (χ1v) is 13.4. The molecule has 2 aromatic rings. The van der Waals surface area contributed by atoms with Crippen molar-refractivity contribution in [2.24, 2.45) is 0 Å². The molecule has 0 spiro atoms. The van der Waals surface area contributed by atoms with Crippen LogP contribution in [0.1, 0.15) is 17.5 Å². The number of hydrogen-bond donors (Lipinski definition) is 0. The Hall–Kier alpha value is -2.95. The quantitative estimate of drug-likeness (QED) is 0.249. The second kappa shape index (κ2) is 10.1. The second-order valence-electron chi connectivity index (χ2n) is 7.71. The van der Waals surface area contributed by atoms with Crippen LogP contribution in [-0.4, -0.2) is 54.2 Å². The van der Waals surface area contributed by atoms with Crippen LogP contribution >= 0.6 is 24.0 Å². The minimum absolute atomic E-state index is 0.0559. The van der Waals surface area contributed by atoms with Crippen molar-refractivity contribution in [2.75, 3.05) is 18.6 Å². The molecule has 0 aliphatic carbocycles. The molecule has 0 unspecified atom stereocenters. The van der Waals surface area contributed by atoms with Crippen LogP contribution < -0.4 is 9.47 Å². The van der Waals surface area contributed by atoms with Gasteiger partial charge in [-0.1, -0.05) is 48.2 Å². The zero-order valence-electron chi connectivity index (χ0n) is 18.2. The zero-order chi connectivity index (χ0) is 24.3. The van der Waals surface area contributed by atoms with Gasteiger partial charge in [0.1, 0.15) is 15.8 Å². The van der Waals surface area contributed by atoms with Gasteiger partial charge in [-0.15, -0.1) is 0 Å². The van der Waals surface area contributed by atoms with Gasteiger partial charge in [0, 0.05) is 6.08 Å². The molecule has 2 aliphatic rings. The van der Waals surface area contributed by atoms with Crippen LogP contribution in [0.15, 0.2) is 59.5 Å². The van der Waals surface area contributed by atoms with Crippen molar-refractivity contribution in [3.8, 4) is 11.5 Å². The van der Waals surface area contributed by atoms with Gasteiger partial charge < -0.3 is 9.47 Å². The van der Waals surface area contributed by atoms with Crippen LogP contribution in [0.3, 0.4) is 0 Å². The molecular formula is C24H21NO6S3. The van der Waals surface area contributed by atoms with E-state index in [1.165, 1.54) is 11.0 Å². The number of carbonyl (C=O) groups is 2. The minimum Gasteiger partial charge on any atom is -0.497 e. The fourth-order valence-corrected chi connectivity index (χ4v) is 6.69. The van der Waals surface area contributed by atoms with Gasteiger partial charge in [0.05, 0.1) is 29.6 Å². The Kier molecular flexibility index (Phi) is 7.20. The molecule has 2 aromatic carbocycles. The second-order valence-corrected chi connectivity index (χ2v) is 11.6. The first-order valence-electron chi connectivity index (χ1n) is 10.4. The van der Waals surface area contributed by atoms with E-state index < -0.39 is 21.8 Å². The minimum atomic E-state index is -3.13. The predicted octanol–water partition coefficient (Wildman–Crippen LogP) is 3.70. The zero-order valence-corrected chi connectivity index (χ0v) is 20.6. The summed E-state index contributed by atoms with van der Waals surface area (Å²) in [5.41, 5.74) is 1.56. The molecule has 2 heterocycles. The number of thioether (sulfide) groups is 1. The van der Waals surface area contributed by atoms with E-state index in [-0.39, 0.29) is 17.4 Å². The molecule has 1 atom stereocenters. The number of nitrogens with zero attached hydrogens (tertiary/aromatic N) is 1. The van der Waals surface area contributed by atoms with E-state index in [1.807, 2.05) is 12.1 Å². The number of carbonyl (C=O) groups excluding carboxylic acids is 2. The van der Waals surface area contributed by atoms with Gasteiger partial charge in [0.25, 0.3) is 5.91 Å². The Bertz CT molecular complexity index is 1280. The predicted molar refractivity (Wildman–Crippen MR) is 136 cm³/mol. The number of esters is 1. The molecular weight excluding hydrogens is 494 g/mol. The van der Waals surface area contributed by atoms with Crippen molar-refractivity contribution in [1.29, 1.82) is 0 Å². The van der Waals surface area contributed by atoms with E-state index in [1.54, 1.807) is 55.7 Å². The highest BCUT2D eigenvalue weighted by Crippen LogP contribution is 2.36. The highest BCUT2D eigenvalue weighted by molar-refractivity contribution is 8.26. The maximum atomic E-state index is 12.8. The highest BCUT2D eigenvalue weighted by Gasteiger charge is 2.42. The maximum absolute atomic E-state index is 12.8. The molecule has 176 valence electrons. The Morgan fingerprint density at radius 2 is 1.74 bits per heavy atom. The van der Waals surface area contributed by atoms with Crippen molar-refractivity contribution in [3.63, 3.8) is 0 Å². The molecule has 34 heavy (non-hydrogen) atoms.